The Morgan fingerprint density at radius 1 is 1.16 bits per heavy atom. The van der Waals surface area contributed by atoms with Crippen LogP contribution >= 0.6 is 0 Å². The lowest BCUT2D eigenvalue weighted by Crippen LogP contribution is -2.37. The molecule has 2 aliphatic rings. The Balaban J connectivity index is 1.72. The molecule has 104 valence electrons. The molecule has 19 heavy (non-hydrogen) atoms. The van der Waals surface area contributed by atoms with Gasteiger partial charge in [0.2, 0.25) is 0 Å². The number of piperidine rings is 1. The first kappa shape index (κ1) is 13.1. The van der Waals surface area contributed by atoms with E-state index in [0.717, 1.165) is 18.8 Å². The topological polar surface area (TPSA) is 23.5 Å². The first-order valence-corrected chi connectivity index (χ1v) is 7.63. The van der Waals surface area contributed by atoms with Gasteiger partial charge in [0.25, 0.3) is 0 Å². The lowest BCUT2D eigenvalue weighted by molar-refractivity contribution is 0.120. The van der Waals surface area contributed by atoms with Gasteiger partial charge in [-0.1, -0.05) is 30.7 Å². The fourth-order valence-corrected chi connectivity index (χ4v) is 3.59. The van der Waals surface area contributed by atoms with E-state index in [0.29, 0.717) is 6.61 Å². The van der Waals surface area contributed by atoms with Gasteiger partial charge in [-0.25, -0.2) is 0 Å². The van der Waals surface area contributed by atoms with Crippen LogP contribution in [0.3, 0.4) is 0 Å². The number of likely N-dealkylation sites (tertiary alicyclic amines) is 1. The SMILES string of the molecule is CN1CCC(c2ccc(C3(CO)CCC3)cc2)CC1. The molecule has 1 saturated heterocycles. The average molecular weight is 259 g/mol. The summed E-state index contributed by atoms with van der Waals surface area (Å²) in [4.78, 5) is 2.42. The minimum atomic E-state index is 0.0886. The molecule has 1 aromatic rings. The molecule has 1 aliphatic heterocycles. The number of rotatable bonds is 3. The van der Waals surface area contributed by atoms with Crippen LogP contribution in [-0.4, -0.2) is 36.8 Å². The maximum absolute atomic E-state index is 9.63. The van der Waals surface area contributed by atoms with Crippen molar-refractivity contribution in [2.45, 2.75) is 43.4 Å². The standard InChI is InChI=1S/C17H25NO/c1-18-11-7-15(8-12-18)14-3-5-16(6-4-14)17(13-19)9-2-10-17/h3-6,15,19H,2,7-13H2,1H3. The smallest absolute Gasteiger partial charge is 0.0527 e. The van der Waals surface area contributed by atoms with Crippen LogP contribution in [0.4, 0.5) is 0 Å². The summed E-state index contributed by atoms with van der Waals surface area (Å²) in [6.07, 6.45) is 6.12. The number of hydrogen-bond donors (Lipinski definition) is 1. The second-order valence-electron chi connectivity index (χ2n) is 6.49. The average Bonchev–Trinajstić information content (AvgIpc) is 2.40. The van der Waals surface area contributed by atoms with Crippen molar-refractivity contribution in [1.29, 1.82) is 0 Å². The number of benzene rings is 1. The minimum Gasteiger partial charge on any atom is -0.395 e. The lowest BCUT2D eigenvalue weighted by Gasteiger charge is -2.41. The van der Waals surface area contributed by atoms with E-state index in [1.165, 1.54) is 43.5 Å². The Hall–Kier alpha value is -0.860. The number of nitrogens with zero attached hydrogens (tertiary/aromatic N) is 1. The monoisotopic (exact) mass is 259 g/mol. The van der Waals surface area contributed by atoms with Crippen LogP contribution in [0, 0.1) is 0 Å². The molecule has 1 aliphatic carbocycles. The highest BCUT2D eigenvalue weighted by Gasteiger charge is 2.37. The van der Waals surface area contributed by atoms with Gasteiger partial charge in [-0.2, -0.15) is 0 Å². The molecule has 3 rings (SSSR count). The molecule has 0 radical (unpaired) electrons. The Kier molecular flexibility index (Phi) is 3.64. The fraction of sp³-hybridized carbons (Fsp3) is 0.647. The quantitative estimate of drug-likeness (QED) is 0.902. The van der Waals surface area contributed by atoms with E-state index < -0.39 is 0 Å². The summed E-state index contributed by atoms with van der Waals surface area (Å²) >= 11 is 0. The minimum absolute atomic E-state index is 0.0886. The third-order valence-electron chi connectivity index (χ3n) is 5.33. The highest BCUT2D eigenvalue weighted by Crippen LogP contribution is 2.43. The largest absolute Gasteiger partial charge is 0.395 e. The van der Waals surface area contributed by atoms with Gasteiger partial charge in [0, 0.05) is 5.41 Å². The zero-order valence-electron chi connectivity index (χ0n) is 11.9. The first-order chi connectivity index (χ1) is 9.23. The van der Waals surface area contributed by atoms with Crippen molar-refractivity contribution >= 4 is 0 Å². The van der Waals surface area contributed by atoms with E-state index in [9.17, 15) is 5.11 Å². The van der Waals surface area contributed by atoms with E-state index in [4.69, 9.17) is 0 Å². The van der Waals surface area contributed by atoms with E-state index in [1.54, 1.807) is 0 Å². The highest BCUT2D eigenvalue weighted by molar-refractivity contribution is 5.33. The lowest BCUT2D eigenvalue weighted by atomic mass is 9.65. The third-order valence-corrected chi connectivity index (χ3v) is 5.33. The van der Waals surface area contributed by atoms with Crippen LogP contribution in [0.15, 0.2) is 24.3 Å². The van der Waals surface area contributed by atoms with Gasteiger partial charge in [0.15, 0.2) is 0 Å². The predicted octanol–water partition coefficient (Wildman–Crippen LogP) is 2.91. The first-order valence-electron chi connectivity index (χ1n) is 7.63. The number of hydrogen-bond acceptors (Lipinski definition) is 2. The number of aliphatic hydroxyl groups is 1. The van der Waals surface area contributed by atoms with Gasteiger partial charge >= 0.3 is 0 Å². The van der Waals surface area contributed by atoms with Crippen LogP contribution < -0.4 is 0 Å². The second-order valence-corrected chi connectivity index (χ2v) is 6.49. The molecule has 2 heteroatoms. The zero-order valence-corrected chi connectivity index (χ0v) is 11.9. The Labute approximate surface area is 116 Å². The van der Waals surface area contributed by atoms with E-state index in [-0.39, 0.29) is 5.41 Å². The Bertz CT molecular complexity index is 408. The van der Waals surface area contributed by atoms with Gasteiger partial charge in [0.1, 0.15) is 0 Å². The molecule has 1 aromatic carbocycles. The Morgan fingerprint density at radius 3 is 2.26 bits per heavy atom. The van der Waals surface area contributed by atoms with Crippen LogP contribution in [0.1, 0.15) is 49.1 Å². The maximum atomic E-state index is 9.63. The van der Waals surface area contributed by atoms with E-state index in [1.807, 2.05) is 0 Å². The van der Waals surface area contributed by atoms with Crippen LogP contribution in [0.2, 0.25) is 0 Å². The van der Waals surface area contributed by atoms with Gasteiger partial charge in [-0.3, -0.25) is 0 Å². The van der Waals surface area contributed by atoms with Crippen LogP contribution in [-0.2, 0) is 5.41 Å². The summed E-state index contributed by atoms with van der Waals surface area (Å²) in [6, 6.07) is 9.15. The molecule has 2 fully saturated rings. The Morgan fingerprint density at radius 2 is 1.79 bits per heavy atom. The van der Waals surface area contributed by atoms with Crippen molar-refractivity contribution in [2.75, 3.05) is 26.7 Å². The summed E-state index contributed by atoms with van der Waals surface area (Å²) in [5.74, 6) is 0.733. The maximum Gasteiger partial charge on any atom is 0.0527 e. The number of aliphatic hydroxyl groups excluding tert-OH is 1. The molecule has 1 saturated carbocycles. The van der Waals surface area contributed by atoms with Gasteiger partial charge in [0.05, 0.1) is 6.61 Å². The molecule has 0 atom stereocenters. The van der Waals surface area contributed by atoms with Crippen molar-refractivity contribution in [1.82, 2.24) is 4.90 Å². The molecule has 0 spiro atoms. The molecule has 1 heterocycles. The second kappa shape index (κ2) is 5.26. The van der Waals surface area contributed by atoms with Crippen molar-refractivity contribution in [3.8, 4) is 0 Å². The van der Waals surface area contributed by atoms with Crippen molar-refractivity contribution in [3.63, 3.8) is 0 Å². The van der Waals surface area contributed by atoms with E-state index in [2.05, 4.69) is 36.2 Å². The van der Waals surface area contributed by atoms with Gasteiger partial charge < -0.3 is 10.0 Å². The van der Waals surface area contributed by atoms with Crippen LogP contribution in [0.25, 0.3) is 0 Å². The summed E-state index contributed by atoms with van der Waals surface area (Å²) in [7, 11) is 2.21. The molecule has 0 unspecified atom stereocenters. The molecular weight excluding hydrogens is 234 g/mol. The van der Waals surface area contributed by atoms with Crippen molar-refractivity contribution < 1.29 is 5.11 Å². The molecule has 1 N–H and O–H groups in total. The molecule has 0 amide bonds. The zero-order chi connectivity index (χ0) is 13.3. The fourth-order valence-electron chi connectivity index (χ4n) is 3.59. The van der Waals surface area contributed by atoms with Gasteiger partial charge in [-0.05, 0) is 62.9 Å². The van der Waals surface area contributed by atoms with Gasteiger partial charge in [-0.15, -0.1) is 0 Å². The highest BCUT2D eigenvalue weighted by atomic mass is 16.3. The summed E-state index contributed by atoms with van der Waals surface area (Å²) in [6.45, 7) is 2.74. The predicted molar refractivity (Wildman–Crippen MR) is 78.5 cm³/mol. The molecule has 0 bridgehead atoms. The van der Waals surface area contributed by atoms with Crippen molar-refractivity contribution in [3.05, 3.63) is 35.4 Å². The summed E-state index contributed by atoms with van der Waals surface area (Å²) in [5.41, 5.74) is 2.92. The molecular formula is C17H25NO. The van der Waals surface area contributed by atoms with Crippen molar-refractivity contribution in [2.24, 2.45) is 0 Å². The molecule has 0 aromatic heterocycles. The van der Waals surface area contributed by atoms with Crippen LogP contribution in [0.5, 0.6) is 0 Å². The third kappa shape index (κ3) is 2.44. The summed E-state index contributed by atoms with van der Waals surface area (Å²) < 4.78 is 0. The normalized spacial score (nSPS) is 24.1. The van der Waals surface area contributed by atoms with E-state index >= 15 is 0 Å². The summed E-state index contributed by atoms with van der Waals surface area (Å²) in [5, 5.41) is 9.63. The molecule has 2 nitrogen and oxygen atoms in total.